The van der Waals surface area contributed by atoms with Gasteiger partial charge in [-0.3, -0.25) is 0 Å². The Morgan fingerprint density at radius 2 is 1.72 bits per heavy atom. The van der Waals surface area contributed by atoms with E-state index in [0.29, 0.717) is 18.2 Å². The predicted octanol–water partition coefficient (Wildman–Crippen LogP) is 8.65. The number of ether oxygens (including phenoxy) is 2. The fourth-order valence-corrected chi connectivity index (χ4v) is 6.46. The van der Waals surface area contributed by atoms with Crippen molar-refractivity contribution in [3.63, 3.8) is 0 Å². The average molecular weight is 553 g/mol. The molecule has 0 aromatic heterocycles. The van der Waals surface area contributed by atoms with Gasteiger partial charge in [0.15, 0.2) is 16.6 Å². The summed E-state index contributed by atoms with van der Waals surface area (Å²) >= 11 is 6.15. The Morgan fingerprint density at radius 3 is 2.28 bits per heavy atom. The maximum atomic E-state index is 6.78. The second-order valence-corrected chi connectivity index (χ2v) is 22.9. The molecule has 4 atom stereocenters. The van der Waals surface area contributed by atoms with E-state index in [4.69, 9.17) is 29.9 Å². The van der Waals surface area contributed by atoms with E-state index in [1.54, 1.807) is 0 Å². The van der Waals surface area contributed by atoms with Crippen LogP contribution in [0.4, 0.5) is 0 Å². The third kappa shape index (κ3) is 8.57. The van der Waals surface area contributed by atoms with E-state index in [1.165, 1.54) is 0 Å². The Balaban J connectivity index is 2.21. The molecule has 204 valence electrons. The first-order chi connectivity index (χ1) is 16.5. The number of benzene rings is 1. The molecule has 1 heterocycles. The summed E-state index contributed by atoms with van der Waals surface area (Å²) < 4.78 is 25.9. The van der Waals surface area contributed by atoms with Gasteiger partial charge in [0.05, 0.1) is 24.9 Å². The molecule has 2 rings (SSSR count). The summed E-state index contributed by atoms with van der Waals surface area (Å²) in [5.41, 5.74) is 0. The number of allylic oxidation sites excluding steroid dienone is 1. The third-order valence-corrected chi connectivity index (χ3v) is 17.3. The molecule has 0 bridgehead atoms. The van der Waals surface area contributed by atoms with Gasteiger partial charge in [-0.1, -0.05) is 77.4 Å². The highest BCUT2D eigenvalue weighted by Gasteiger charge is 2.44. The van der Waals surface area contributed by atoms with Gasteiger partial charge in [-0.2, -0.15) is 0 Å². The zero-order valence-electron chi connectivity index (χ0n) is 24.2. The van der Waals surface area contributed by atoms with Gasteiger partial charge in [0.25, 0.3) is 0 Å². The van der Waals surface area contributed by atoms with Crippen LogP contribution in [-0.2, 0) is 13.6 Å². The smallest absolute Gasteiger partial charge is 0.193 e. The van der Waals surface area contributed by atoms with Gasteiger partial charge in [-0.05, 0) is 60.9 Å². The second kappa shape index (κ2) is 12.3. The lowest BCUT2D eigenvalue weighted by molar-refractivity contribution is 0.109. The fourth-order valence-electron chi connectivity index (χ4n) is 3.67. The summed E-state index contributed by atoms with van der Waals surface area (Å²) in [6.45, 7) is 27.7. The molecule has 0 amide bonds. The molecule has 1 aliphatic heterocycles. The third-order valence-electron chi connectivity index (χ3n) is 8.02. The van der Waals surface area contributed by atoms with Gasteiger partial charge in [0.1, 0.15) is 12.4 Å². The number of rotatable bonds is 11. The highest BCUT2D eigenvalue weighted by atomic mass is 35.5. The minimum Gasteiger partial charge on any atom is -0.491 e. The van der Waals surface area contributed by atoms with E-state index in [9.17, 15) is 0 Å². The summed E-state index contributed by atoms with van der Waals surface area (Å²) in [6, 6.07) is 7.49. The van der Waals surface area contributed by atoms with Gasteiger partial charge >= 0.3 is 0 Å². The first kappa shape index (κ1) is 31.3. The molecular formula is C29H49ClO4Si2. The molecule has 36 heavy (non-hydrogen) atoms. The molecule has 0 radical (unpaired) electrons. The van der Waals surface area contributed by atoms with Crippen molar-refractivity contribution in [2.75, 3.05) is 13.2 Å². The van der Waals surface area contributed by atoms with Crippen LogP contribution in [0.1, 0.15) is 48.0 Å². The van der Waals surface area contributed by atoms with Crippen LogP contribution in [0.3, 0.4) is 0 Å². The van der Waals surface area contributed by atoms with E-state index in [2.05, 4.69) is 86.5 Å². The van der Waals surface area contributed by atoms with E-state index in [0.717, 1.165) is 12.2 Å². The number of hydrogen-bond donors (Lipinski definition) is 0. The molecule has 0 saturated carbocycles. The van der Waals surface area contributed by atoms with Crippen molar-refractivity contribution in [1.82, 2.24) is 0 Å². The van der Waals surface area contributed by atoms with Crippen molar-refractivity contribution in [3.8, 4) is 5.75 Å². The molecule has 4 nitrogen and oxygen atoms in total. The number of hydrogen-bond acceptors (Lipinski definition) is 4. The lowest BCUT2D eigenvalue weighted by Gasteiger charge is -2.39. The monoisotopic (exact) mass is 552 g/mol. The summed E-state index contributed by atoms with van der Waals surface area (Å²) in [7, 11) is -3.94. The summed E-state index contributed by atoms with van der Waals surface area (Å²) in [5, 5.41) is 0.899. The highest BCUT2D eigenvalue weighted by Crippen LogP contribution is 2.41. The minimum atomic E-state index is -2.03. The normalized spacial score (nSPS) is 22.7. The Labute approximate surface area is 227 Å². The quantitative estimate of drug-likeness (QED) is 0.203. The molecular weight excluding hydrogens is 504 g/mol. The molecule has 1 aliphatic rings. The van der Waals surface area contributed by atoms with Crippen LogP contribution in [-0.4, -0.2) is 48.2 Å². The van der Waals surface area contributed by atoms with Gasteiger partial charge in [-0.25, -0.2) is 0 Å². The Hall–Kier alpha value is -0.896. The van der Waals surface area contributed by atoms with Crippen LogP contribution in [0.2, 0.25) is 41.3 Å². The minimum absolute atomic E-state index is 0.0468. The number of halogens is 1. The molecule has 1 aromatic rings. The van der Waals surface area contributed by atoms with Crippen LogP contribution >= 0.6 is 11.6 Å². The Kier molecular flexibility index (Phi) is 10.7. The van der Waals surface area contributed by atoms with Crippen molar-refractivity contribution >= 4 is 28.2 Å². The summed E-state index contributed by atoms with van der Waals surface area (Å²) in [4.78, 5) is 0. The van der Waals surface area contributed by atoms with Gasteiger partial charge in [-0.15, -0.1) is 6.58 Å². The van der Waals surface area contributed by atoms with Crippen LogP contribution in [0, 0.1) is 5.92 Å². The van der Waals surface area contributed by atoms with E-state index in [-0.39, 0.29) is 34.3 Å². The average Bonchev–Trinajstić information content (AvgIpc) is 3.09. The standard InChI is InChI=1S/C29H49ClO4Si2/c1-12-14-25-26(32-21-27(25)34-36(10,11)29(5,6)7)18-17-24(33-35(8,9)28(2,3)4)20-31-23-16-13-15-22(30)19-23/h12-13,15-19,24-27H,1,14,20-21H2,2-11H3/t24?,25-,26-,27+/m1/s1. The van der Waals surface area contributed by atoms with E-state index < -0.39 is 16.6 Å². The highest BCUT2D eigenvalue weighted by molar-refractivity contribution is 6.74. The van der Waals surface area contributed by atoms with Crippen molar-refractivity contribution in [3.05, 3.63) is 54.1 Å². The SMILES string of the molecule is C=CC[C@H]1[C@@H](O[Si](C)(C)C(C)(C)C)CO[C@@H]1C=CC(COc1cccc(Cl)c1)O[Si](C)(C)C(C)(C)C. The maximum absolute atomic E-state index is 6.78. The van der Waals surface area contributed by atoms with Gasteiger partial charge in [0.2, 0.25) is 0 Å². The first-order valence-electron chi connectivity index (χ1n) is 13.1. The van der Waals surface area contributed by atoms with Gasteiger partial charge < -0.3 is 18.3 Å². The van der Waals surface area contributed by atoms with Crippen molar-refractivity contribution in [1.29, 1.82) is 0 Å². The zero-order valence-corrected chi connectivity index (χ0v) is 26.9. The van der Waals surface area contributed by atoms with E-state index >= 15 is 0 Å². The molecule has 0 aliphatic carbocycles. The van der Waals surface area contributed by atoms with Gasteiger partial charge in [0, 0.05) is 10.9 Å². The molecule has 0 N–H and O–H groups in total. The van der Waals surface area contributed by atoms with Crippen molar-refractivity contribution in [2.24, 2.45) is 5.92 Å². The molecule has 7 heteroatoms. The first-order valence-corrected chi connectivity index (χ1v) is 19.3. The van der Waals surface area contributed by atoms with Crippen LogP contribution in [0.25, 0.3) is 0 Å². The van der Waals surface area contributed by atoms with Crippen molar-refractivity contribution < 1.29 is 18.3 Å². The second-order valence-electron chi connectivity index (χ2n) is 13.0. The molecule has 0 spiro atoms. The van der Waals surface area contributed by atoms with Crippen molar-refractivity contribution in [2.45, 2.75) is 103 Å². The van der Waals surface area contributed by atoms with Crippen LogP contribution < -0.4 is 4.74 Å². The Morgan fingerprint density at radius 1 is 1.08 bits per heavy atom. The maximum Gasteiger partial charge on any atom is 0.193 e. The topological polar surface area (TPSA) is 36.9 Å². The molecule has 1 unspecified atom stereocenters. The molecule has 1 fully saturated rings. The fraction of sp³-hybridized carbons (Fsp3) is 0.655. The lowest BCUT2D eigenvalue weighted by Crippen LogP contribution is -2.46. The zero-order chi connectivity index (χ0) is 27.4. The summed E-state index contributed by atoms with van der Waals surface area (Å²) in [6.07, 6.45) is 6.94. The summed E-state index contributed by atoms with van der Waals surface area (Å²) in [5.74, 6) is 0.972. The van der Waals surface area contributed by atoms with E-state index in [1.807, 2.05) is 30.3 Å². The van der Waals surface area contributed by atoms with Crippen LogP contribution in [0.5, 0.6) is 5.75 Å². The van der Waals surface area contributed by atoms with Crippen LogP contribution in [0.15, 0.2) is 49.1 Å². The predicted molar refractivity (Wildman–Crippen MR) is 158 cm³/mol. The largest absolute Gasteiger partial charge is 0.491 e. The Bertz CT molecular complexity index is 886. The molecule has 1 saturated heterocycles. The molecule has 1 aromatic carbocycles. The lowest BCUT2D eigenvalue weighted by atomic mass is 9.95.